The fourth-order valence-corrected chi connectivity index (χ4v) is 2.94. The molecule has 0 aliphatic carbocycles. The standard InChI is InChI=1S/C16H24N2O.ClH/c1-12-5-4-6-13(2)15(12)16(19)18-9-7-14(8-10-18)11-17-3;/h4-6,14,17H,7-11H2,1-3H3;1H. The van der Waals surface area contributed by atoms with E-state index in [1.54, 1.807) is 0 Å². The molecule has 0 atom stereocenters. The second-order valence-corrected chi connectivity index (χ2v) is 5.56. The SMILES string of the molecule is CNCC1CCN(C(=O)c2c(C)cccc2C)CC1.Cl. The second-order valence-electron chi connectivity index (χ2n) is 5.56. The number of amides is 1. The third-order valence-electron chi connectivity index (χ3n) is 4.09. The Kier molecular flexibility index (Phi) is 6.50. The highest BCUT2D eigenvalue weighted by Crippen LogP contribution is 2.21. The molecular formula is C16H25ClN2O. The summed E-state index contributed by atoms with van der Waals surface area (Å²) < 4.78 is 0. The molecule has 0 bridgehead atoms. The minimum atomic E-state index is 0. The van der Waals surface area contributed by atoms with E-state index in [4.69, 9.17) is 0 Å². The maximum absolute atomic E-state index is 12.6. The van der Waals surface area contributed by atoms with Crippen molar-refractivity contribution in [3.8, 4) is 0 Å². The van der Waals surface area contributed by atoms with Gasteiger partial charge in [-0.1, -0.05) is 18.2 Å². The van der Waals surface area contributed by atoms with Gasteiger partial charge in [-0.15, -0.1) is 12.4 Å². The maximum Gasteiger partial charge on any atom is 0.254 e. The molecule has 3 nitrogen and oxygen atoms in total. The van der Waals surface area contributed by atoms with E-state index in [0.29, 0.717) is 5.92 Å². The van der Waals surface area contributed by atoms with Gasteiger partial charge in [0.25, 0.3) is 5.91 Å². The molecule has 1 N–H and O–H groups in total. The Hall–Kier alpha value is -1.06. The van der Waals surface area contributed by atoms with Gasteiger partial charge in [-0.25, -0.2) is 0 Å². The third kappa shape index (κ3) is 3.74. The Labute approximate surface area is 128 Å². The van der Waals surface area contributed by atoms with Crippen molar-refractivity contribution in [3.05, 3.63) is 34.9 Å². The van der Waals surface area contributed by atoms with Crippen molar-refractivity contribution in [3.63, 3.8) is 0 Å². The van der Waals surface area contributed by atoms with Crippen molar-refractivity contribution < 1.29 is 4.79 Å². The Bertz CT molecular complexity index is 434. The van der Waals surface area contributed by atoms with Gasteiger partial charge < -0.3 is 10.2 Å². The van der Waals surface area contributed by atoms with Crippen LogP contribution in [0.4, 0.5) is 0 Å². The topological polar surface area (TPSA) is 32.3 Å². The summed E-state index contributed by atoms with van der Waals surface area (Å²) in [5, 5.41) is 3.23. The molecule has 1 aromatic carbocycles. The first-order valence-corrected chi connectivity index (χ1v) is 7.13. The van der Waals surface area contributed by atoms with E-state index < -0.39 is 0 Å². The lowest BCUT2D eigenvalue weighted by atomic mass is 9.95. The van der Waals surface area contributed by atoms with Gasteiger partial charge in [0.1, 0.15) is 0 Å². The van der Waals surface area contributed by atoms with E-state index in [-0.39, 0.29) is 18.3 Å². The maximum atomic E-state index is 12.6. The van der Waals surface area contributed by atoms with Crippen LogP contribution in [0.2, 0.25) is 0 Å². The fraction of sp³-hybridized carbons (Fsp3) is 0.562. The Morgan fingerprint density at radius 1 is 1.25 bits per heavy atom. The number of aryl methyl sites for hydroxylation is 2. The lowest BCUT2D eigenvalue weighted by Crippen LogP contribution is -2.40. The number of likely N-dealkylation sites (tertiary alicyclic amines) is 1. The van der Waals surface area contributed by atoms with Gasteiger partial charge in [0.05, 0.1) is 0 Å². The van der Waals surface area contributed by atoms with Crippen LogP contribution in [0.15, 0.2) is 18.2 Å². The molecule has 1 fully saturated rings. The van der Waals surface area contributed by atoms with E-state index in [1.165, 1.54) is 0 Å². The van der Waals surface area contributed by atoms with Gasteiger partial charge in [0.15, 0.2) is 0 Å². The van der Waals surface area contributed by atoms with Crippen LogP contribution in [0.1, 0.15) is 34.3 Å². The summed E-state index contributed by atoms with van der Waals surface area (Å²) in [6.45, 7) is 6.88. The van der Waals surface area contributed by atoms with Gasteiger partial charge in [0.2, 0.25) is 0 Å². The highest BCUT2D eigenvalue weighted by Gasteiger charge is 2.24. The molecule has 0 radical (unpaired) electrons. The van der Waals surface area contributed by atoms with Crippen LogP contribution in [0.5, 0.6) is 0 Å². The summed E-state index contributed by atoms with van der Waals surface area (Å²) in [6.07, 6.45) is 2.22. The number of benzene rings is 1. The number of carbonyl (C=O) groups is 1. The van der Waals surface area contributed by atoms with Gasteiger partial charge in [-0.3, -0.25) is 4.79 Å². The first kappa shape index (κ1) is 17.0. The monoisotopic (exact) mass is 296 g/mol. The highest BCUT2D eigenvalue weighted by atomic mass is 35.5. The predicted octanol–water partition coefficient (Wildman–Crippen LogP) is 2.80. The Balaban J connectivity index is 0.00000200. The zero-order chi connectivity index (χ0) is 13.8. The molecular weight excluding hydrogens is 272 g/mol. The molecule has 1 aromatic rings. The van der Waals surface area contributed by atoms with Crippen LogP contribution in [-0.4, -0.2) is 37.5 Å². The minimum absolute atomic E-state index is 0. The van der Waals surface area contributed by atoms with Crippen LogP contribution < -0.4 is 5.32 Å². The summed E-state index contributed by atoms with van der Waals surface area (Å²) >= 11 is 0. The number of hydrogen-bond acceptors (Lipinski definition) is 2. The van der Waals surface area contributed by atoms with Gasteiger partial charge in [0, 0.05) is 18.7 Å². The van der Waals surface area contributed by atoms with E-state index in [0.717, 1.165) is 49.2 Å². The number of halogens is 1. The molecule has 1 aliphatic heterocycles. The van der Waals surface area contributed by atoms with E-state index in [9.17, 15) is 4.79 Å². The molecule has 4 heteroatoms. The van der Waals surface area contributed by atoms with Crippen LogP contribution in [0.25, 0.3) is 0 Å². The molecule has 20 heavy (non-hydrogen) atoms. The summed E-state index contributed by atoms with van der Waals surface area (Å²) in [7, 11) is 1.99. The lowest BCUT2D eigenvalue weighted by Gasteiger charge is -2.32. The smallest absolute Gasteiger partial charge is 0.254 e. The van der Waals surface area contributed by atoms with Crippen LogP contribution >= 0.6 is 12.4 Å². The normalized spacial score (nSPS) is 15.8. The third-order valence-corrected chi connectivity index (χ3v) is 4.09. The number of rotatable bonds is 3. The molecule has 1 aliphatic rings. The minimum Gasteiger partial charge on any atom is -0.339 e. The number of hydrogen-bond donors (Lipinski definition) is 1. The first-order chi connectivity index (χ1) is 9.13. The molecule has 0 aromatic heterocycles. The number of nitrogens with one attached hydrogen (secondary N) is 1. The molecule has 1 amide bonds. The number of carbonyl (C=O) groups excluding carboxylic acids is 1. The van der Waals surface area contributed by atoms with Crippen LogP contribution in [-0.2, 0) is 0 Å². The Morgan fingerprint density at radius 3 is 2.30 bits per heavy atom. The fourth-order valence-electron chi connectivity index (χ4n) is 2.94. The largest absolute Gasteiger partial charge is 0.339 e. The molecule has 112 valence electrons. The summed E-state index contributed by atoms with van der Waals surface area (Å²) in [6, 6.07) is 6.06. The van der Waals surface area contributed by atoms with Crippen molar-refractivity contribution in [1.82, 2.24) is 10.2 Å². The average Bonchev–Trinajstić information content (AvgIpc) is 2.39. The van der Waals surface area contributed by atoms with E-state index in [1.807, 2.05) is 44.0 Å². The number of piperidine rings is 1. The van der Waals surface area contributed by atoms with Gasteiger partial charge in [-0.05, 0) is 57.3 Å². The highest BCUT2D eigenvalue weighted by molar-refractivity contribution is 5.97. The average molecular weight is 297 g/mol. The van der Waals surface area contributed by atoms with Gasteiger partial charge in [-0.2, -0.15) is 0 Å². The molecule has 0 spiro atoms. The zero-order valence-electron chi connectivity index (χ0n) is 12.6. The number of nitrogens with zero attached hydrogens (tertiary/aromatic N) is 1. The van der Waals surface area contributed by atoms with Crippen LogP contribution in [0, 0.1) is 19.8 Å². The lowest BCUT2D eigenvalue weighted by molar-refractivity contribution is 0.0689. The second kappa shape index (κ2) is 7.65. The van der Waals surface area contributed by atoms with E-state index >= 15 is 0 Å². The van der Waals surface area contributed by atoms with Crippen molar-refractivity contribution >= 4 is 18.3 Å². The predicted molar refractivity (Wildman–Crippen MR) is 85.7 cm³/mol. The molecule has 2 rings (SSSR count). The summed E-state index contributed by atoms with van der Waals surface area (Å²) in [5.41, 5.74) is 3.07. The van der Waals surface area contributed by atoms with Crippen molar-refractivity contribution in [1.29, 1.82) is 0 Å². The van der Waals surface area contributed by atoms with Crippen LogP contribution in [0.3, 0.4) is 0 Å². The van der Waals surface area contributed by atoms with Crippen molar-refractivity contribution in [2.45, 2.75) is 26.7 Å². The van der Waals surface area contributed by atoms with Crippen molar-refractivity contribution in [2.75, 3.05) is 26.7 Å². The molecule has 0 unspecified atom stereocenters. The molecule has 0 saturated carbocycles. The summed E-state index contributed by atoms with van der Waals surface area (Å²) in [5.74, 6) is 0.922. The summed E-state index contributed by atoms with van der Waals surface area (Å²) in [4.78, 5) is 14.6. The zero-order valence-corrected chi connectivity index (χ0v) is 13.4. The van der Waals surface area contributed by atoms with Crippen molar-refractivity contribution in [2.24, 2.45) is 5.92 Å². The van der Waals surface area contributed by atoms with E-state index in [2.05, 4.69) is 5.32 Å². The molecule has 1 heterocycles. The first-order valence-electron chi connectivity index (χ1n) is 7.13. The quantitative estimate of drug-likeness (QED) is 0.930. The van der Waals surface area contributed by atoms with Gasteiger partial charge >= 0.3 is 0 Å². The Morgan fingerprint density at radius 2 is 1.80 bits per heavy atom. The molecule has 1 saturated heterocycles.